The Labute approximate surface area is 126 Å². The van der Waals surface area contributed by atoms with E-state index in [1.54, 1.807) is 43.8 Å². The Kier molecular flexibility index (Phi) is 5.31. The minimum atomic E-state index is -0.0741. The van der Waals surface area contributed by atoms with Gasteiger partial charge in [-0.05, 0) is 23.6 Å². The zero-order chi connectivity index (χ0) is 14.4. The molecule has 0 aliphatic rings. The first kappa shape index (κ1) is 14.7. The minimum Gasteiger partial charge on any atom is -0.497 e. The summed E-state index contributed by atoms with van der Waals surface area (Å²) in [5.74, 6) is 1.57. The maximum Gasteiger partial charge on any atom is 0.234 e. The topological polar surface area (TPSA) is 47.6 Å². The number of anilines is 1. The normalized spacial score (nSPS) is 10.1. The molecular formula is C14H15NO3S2. The van der Waals surface area contributed by atoms with E-state index in [9.17, 15) is 4.79 Å². The number of carbonyl (C=O) groups is 1. The number of thiophene rings is 1. The van der Waals surface area contributed by atoms with Crippen LogP contribution in [0.25, 0.3) is 0 Å². The number of nitrogens with one attached hydrogen (secondary N) is 1. The Bertz CT molecular complexity index is 570. The van der Waals surface area contributed by atoms with Crippen molar-refractivity contribution in [2.75, 3.05) is 25.3 Å². The SMILES string of the molecule is COc1ccc(OC)c(NC(=O)CSc2cccs2)c1. The van der Waals surface area contributed by atoms with Crippen molar-refractivity contribution < 1.29 is 14.3 Å². The predicted molar refractivity (Wildman–Crippen MR) is 83.2 cm³/mol. The first-order chi connectivity index (χ1) is 9.72. The van der Waals surface area contributed by atoms with Gasteiger partial charge in [0, 0.05) is 6.07 Å². The lowest BCUT2D eigenvalue weighted by molar-refractivity contribution is -0.113. The second-order valence-electron chi connectivity index (χ2n) is 3.84. The van der Waals surface area contributed by atoms with Gasteiger partial charge in [0.2, 0.25) is 5.91 Å². The highest BCUT2D eigenvalue weighted by Gasteiger charge is 2.09. The standard InChI is InChI=1S/C14H15NO3S2/c1-17-10-5-6-12(18-2)11(8-10)15-13(16)9-20-14-4-3-7-19-14/h3-8H,9H2,1-2H3,(H,15,16). The van der Waals surface area contributed by atoms with Gasteiger partial charge in [-0.25, -0.2) is 0 Å². The van der Waals surface area contributed by atoms with Gasteiger partial charge >= 0.3 is 0 Å². The number of thioether (sulfide) groups is 1. The second kappa shape index (κ2) is 7.21. The molecule has 0 atom stereocenters. The molecule has 2 aromatic rings. The molecule has 0 aliphatic heterocycles. The molecule has 6 heteroatoms. The van der Waals surface area contributed by atoms with Crippen molar-refractivity contribution in [2.24, 2.45) is 0 Å². The quantitative estimate of drug-likeness (QED) is 0.830. The fourth-order valence-corrected chi connectivity index (χ4v) is 3.16. The van der Waals surface area contributed by atoms with Crippen LogP contribution in [0.2, 0.25) is 0 Å². The van der Waals surface area contributed by atoms with E-state index >= 15 is 0 Å². The summed E-state index contributed by atoms with van der Waals surface area (Å²) in [7, 11) is 3.15. The Morgan fingerprint density at radius 3 is 2.80 bits per heavy atom. The van der Waals surface area contributed by atoms with E-state index in [2.05, 4.69) is 5.32 Å². The Hall–Kier alpha value is -1.66. The maximum atomic E-state index is 12.0. The number of rotatable bonds is 6. The Morgan fingerprint density at radius 2 is 2.15 bits per heavy atom. The summed E-state index contributed by atoms with van der Waals surface area (Å²) in [5.41, 5.74) is 0.614. The maximum absolute atomic E-state index is 12.0. The highest BCUT2D eigenvalue weighted by molar-refractivity contribution is 8.01. The molecule has 1 amide bonds. The Balaban J connectivity index is 1.99. The summed E-state index contributed by atoms with van der Waals surface area (Å²) < 4.78 is 11.5. The van der Waals surface area contributed by atoms with Gasteiger partial charge < -0.3 is 14.8 Å². The number of amides is 1. The lowest BCUT2D eigenvalue weighted by atomic mass is 10.2. The van der Waals surface area contributed by atoms with E-state index < -0.39 is 0 Å². The molecule has 0 fully saturated rings. The smallest absolute Gasteiger partial charge is 0.234 e. The van der Waals surface area contributed by atoms with E-state index in [0.717, 1.165) is 4.21 Å². The average Bonchev–Trinajstić information content (AvgIpc) is 2.98. The van der Waals surface area contributed by atoms with Crippen LogP contribution in [0.3, 0.4) is 0 Å². The number of benzene rings is 1. The average molecular weight is 309 g/mol. The van der Waals surface area contributed by atoms with Crippen LogP contribution in [0.15, 0.2) is 39.9 Å². The van der Waals surface area contributed by atoms with Crippen molar-refractivity contribution >= 4 is 34.7 Å². The number of hydrogen-bond acceptors (Lipinski definition) is 5. The van der Waals surface area contributed by atoms with Gasteiger partial charge in [0.05, 0.1) is 29.9 Å². The number of hydrogen-bond donors (Lipinski definition) is 1. The molecule has 0 spiro atoms. The zero-order valence-electron chi connectivity index (χ0n) is 11.2. The van der Waals surface area contributed by atoms with Crippen LogP contribution >= 0.6 is 23.1 Å². The second-order valence-corrected chi connectivity index (χ2v) is 6.06. The van der Waals surface area contributed by atoms with Gasteiger partial charge in [-0.1, -0.05) is 6.07 Å². The number of carbonyl (C=O) groups excluding carboxylic acids is 1. The van der Waals surface area contributed by atoms with Gasteiger partial charge in [-0.15, -0.1) is 23.1 Å². The van der Waals surface area contributed by atoms with Crippen LogP contribution in [-0.4, -0.2) is 25.9 Å². The zero-order valence-corrected chi connectivity index (χ0v) is 12.8. The van der Waals surface area contributed by atoms with Gasteiger partial charge in [0.1, 0.15) is 11.5 Å². The summed E-state index contributed by atoms with van der Waals surface area (Å²) in [6, 6.07) is 9.26. The molecule has 4 nitrogen and oxygen atoms in total. The highest BCUT2D eigenvalue weighted by atomic mass is 32.2. The molecule has 1 aromatic heterocycles. The lowest BCUT2D eigenvalue weighted by Crippen LogP contribution is -2.14. The van der Waals surface area contributed by atoms with Crippen molar-refractivity contribution in [1.82, 2.24) is 0 Å². The Morgan fingerprint density at radius 1 is 1.30 bits per heavy atom. The number of ether oxygens (including phenoxy) is 2. The van der Waals surface area contributed by atoms with Crippen LogP contribution in [0.4, 0.5) is 5.69 Å². The van der Waals surface area contributed by atoms with Gasteiger partial charge in [-0.2, -0.15) is 0 Å². The van der Waals surface area contributed by atoms with Crippen molar-refractivity contribution in [1.29, 1.82) is 0 Å². The van der Waals surface area contributed by atoms with Crippen LogP contribution in [-0.2, 0) is 4.79 Å². The summed E-state index contributed by atoms with van der Waals surface area (Å²) in [5, 5.41) is 4.83. The minimum absolute atomic E-state index is 0.0741. The van der Waals surface area contributed by atoms with Crippen LogP contribution < -0.4 is 14.8 Å². The summed E-state index contributed by atoms with van der Waals surface area (Å²) >= 11 is 3.14. The van der Waals surface area contributed by atoms with Crippen molar-refractivity contribution in [3.63, 3.8) is 0 Å². The summed E-state index contributed by atoms with van der Waals surface area (Å²) in [6.45, 7) is 0. The predicted octanol–water partition coefficient (Wildman–Crippen LogP) is 3.50. The monoisotopic (exact) mass is 309 g/mol. The third-order valence-electron chi connectivity index (χ3n) is 2.52. The molecule has 0 aliphatic carbocycles. The van der Waals surface area contributed by atoms with E-state index in [4.69, 9.17) is 9.47 Å². The molecule has 1 N–H and O–H groups in total. The molecular weight excluding hydrogens is 294 g/mol. The first-order valence-corrected chi connectivity index (χ1v) is 7.77. The molecule has 0 saturated heterocycles. The highest BCUT2D eigenvalue weighted by Crippen LogP contribution is 2.29. The van der Waals surface area contributed by atoms with Gasteiger partial charge in [-0.3, -0.25) is 4.79 Å². The molecule has 0 bridgehead atoms. The fourth-order valence-electron chi connectivity index (χ4n) is 1.58. The molecule has 1 heterocycles. The molecule has 0 unspecified atom stereocenters. The van der Waals surface area contributed by atoms with Crippen molar-refractivity contribution in [3.8, 4) is 11.5 Å². The fraction of sp³-hybridized carbons (Fsp3) is 0.214. The molecule has 1 aromatic carbocycles. The third-order valence-corrected chi connectivity index (χ3v) is 4.65. The van der Waals surface area contributed by atoms with E-state index in [1.807, 2.05) is 17.5 Å². The molecule has 0 saturated carbocycles. The van der Waals surface area contributed by atoms with Crippen LogP contribution in [0.5, 0.6) is 11.5 Å². The van der Waals surface area contributed by atoms with E-state index in [1.165, 1.54) is 11.8 Å². The van der Waals surface area contributed by atoms with Crippen molar-refractivity contribution in [3.05, 3.63) is 35.7 Å². The molecule has 0 radical (unpaired) electrons. The third kappa shape index (κ3) is 3.91. The van der Waals surface area contributed by atoms with Gasteiger partial charge in [0.15, 0.2) is 0 Å². The summed E-state index contributed by atoms with van der Waals surface area (Å²) in [6.07, 6.45) is 0. The number of methoxy groups -OCH3 is 2. The van der Waals surface area contributed by atoms with Gasteiger partial charge in [0.25, 0.3) is 0 Å². The lowest BCUT2D eigenvalue weighted by Gasteiger charge is -2.11. The summed E-state index contributed by atoms with van der Waals surface area (Å²) in [4.78, 5) is 12.0. The molecule has 106 valence electrons. The van der Waals surface area contributed by atoms with Crippen molar-refractivity contribution in [2.45, 2.75) is 4.21 Å². The molecule has 2 rings (SSSR count). The van der Waals surface area contributed by atoms with E-state index in [0.29, 0.717) is 22.9 Å². The van der Waals surface area contributed by atoms with Crippen LogP contribution in [0.1, 0.15) is 0 Å². The largest absolute Gasteiger partial charge is 0.497 e. The van der Waals surface area contributed by atoms with Crippen LogP contribution in [0, 0.1) is 0 Å². The first-order valence-electron chi connectivity index (χ1n) is 5.91. The van der Waals surface area contributed by atoms with E-state index in [-0.39, 0.29) is 5.91 Å². The molecule has 20 heavy (non-hydrogen) atoms.